The Hall–Kier alpha value is -3.27. The fourth-order valence-corrected chi connectivity index (χ4v) is 3.34. The molecule has 7 heteroatoms. The molecule has 0 bridgehead atoms. The number of carbonyl (C=O) groups excluding carboxylic acids is 1. The lowest BCUT2D eigenvalue weighted by molar-refractivity contribution is -0.123. The Morgan fingerprint density at radius 3 is 2.55 bits per heavy atom. The van der Waals surface area contributed by atoms with Gasteiger partial charge in [0.2, 0.25) is 0 Å². The van der Waals surface area contributed by atoms with E-state index in [2.05, 4.69) is 21.3 Å². The minimum Gasteiger partial charge on any atom is -0.494 e. The van der Waals surface area contributed by atoms with Gasteiger partial charge in [0.1, 0.15) is 23.4 Å². The number of piperidine rings is 1. The van der Waals surface area contributed by atoms with Gasteiger partial charge in [0, 0.05) is 25.8 Å². The van der Waals surface area contributed by atoms with Gasteiger partial charge in [0.05, 0.1) is 12.2 Å². The summed E-state index contributed by atoms with van der Waals surface area (Å²) in [7, 11) is 0. The van der Waals surface area contributed by atoms with Gasteiger partial charge in [0.15, 0.2) is 6.61 Å². The summed E-state index contributed by atoms with van der Waals surface area (Å²) in [5, 5.41) is 12.2. The summed E-state index contributed by atoms with van der Waals surface area (Å²) in [5.41, 5.74) is 0.602. The molecule has 0 spiro atoms. The third kappa shape index (κ3) is 5.85. The molecule has 1 aliphatic heterocycles. The van der Waals surface area contributed by atoms with Gasteiger partial charge in [-0.05, 0) is 62.1 Å². The van der Waals surface area contributed by atoms with Crippen molar-refractivity contribution < 1.29 is 14.3 Å². The van der Waals surface area contributed by atoms with Crippen molar-refractivity contribution in [3.05, 3.63) is 48.2 Å². The molecule has 0 atom stereocenters. The topological polar surface area (TPSA) is 87.5 Å². The monoisotopic (exact) mass is 394 g/mol. The van der Waals surface area contributed by atoms with Crippen LogP contribution in [0.5, 0.6) is 11.5 Å². The molecule has 1 amide bonds. The lowest BCUT2D eigenvalue weighted by Crippen LogP contribution is -2.40. The highest BCUT2D eigenvalue weighted by Crippen LogP contribution is 2.23. The predicted molar refractivity (Wildman–Crippen MR) is 110 cm³/mol. The first kappa shape index (κ1) is 20.5. The van der Waals surface area contributed by atoms with Crippen LogP contribution in [0.4, 0.5) is 5.82 Å². The van der Waals surface area contributed by atoms with E-state index in [-0.39, 0.29) is 12.5 Å². The summed E-state index contributed by atoms with van der Waals surface area (Å²) in [6.07, 6.45) is 3.61. The lowest BCUT2D eigenvalue weighted by Gasteiger charge is -2.33. The van der Waals surface area contributed by atoms with Crippen molar-refractivity contribution in [3.63, 3.8) is 0 Å². The number of benzene rings is 1. The minimum atomic E-state index is -0.127. The van der Waals surface area contributed by atoms with Crippen LogP contribution in [-0.4, -0.2) is 43.7 Å². The van der Waals surface area contributed by atoms with Gasteiger partial charge in [-0.25, -0.2) is 4.98 Å². The number of rotatable bonds is 8. The van der Waals surface area contributed by atoms with Crippen LogP contribution in [0.25, 0.3) is 0 Å². The molecule has 2 aromatic rings. The quantitative estimate of drug-likeness (QED) is 0.741. The van der Waals surface area contributed by atoms with E-state index >= 15 is 0 Å². The number of amides is 1. The van der Waals surface area contributed by atoms with E-state index in [9.17, 15) is 10.1 Å². The van der Waals surface area contributed by atoms with Gasteiger partial charge in [-0.1, -0.05) is 0 Å². The second-order valence-corrected chi connectivity index (χ2v) is 6.91. The van der Waals surface area contributed by atoms with Crippen LogP contribution >= 0.6 is 0 Å². The van der Waals surface area contributed by atoms with Crippen LogP contribution in [0, 0.1) is 17.2 Å². The summed E-state index contributed by atoms with van der Waals surface area (Å²) in [4.78, 5) is 18.6. The van der Waals surface area contributed by atoms with Crippen LogP contribution in [0.1, 0.15) is 25.3 Å². The number of hydrogen-bond acceptors (Lipinski definition) is 6. The maximum atomic E-state index is 12.1. The fourth-order valence-electron chi connectivity index (χ4n) is 3.34. The van der Waals surface area contributed by atoms with E-state index in [1.54, 1.807) is 30.5 Å². The average Bonchev–Trinajstić information content (AvgIpc) is 2.78. The highest BCUT2D eigenvalue weighted by molar-refractivity contribution is 5.77. The zero-order chi connectivity index (χ0) is 20.5. The van der Waals surface area contributed by atoms with Crippen LogP contribution < -0.4 is 19.7 Å². The summed E-state index contributed by atoms with van der Waals surface area (Å²) >= 11 is 0. The van der Waals surface area contributed by atoms with Gasteiger partial charge in [-0.2, -0.15) is 5.26 Å². The van der Waals surface area contributed by atoms with E-state index in [1.807, 2.05) is 19.1 Å². The largest absolute Gasteiger partial charge is 0.494 e. The SMILES string of the molecule is CCOc1ccc(OCC(=O)NCC2CCN(c3ncccc3C#N)CC2)cc1. The van der Waals surface area contributed by atoms with E-state index in [4.69, 9.17) is 9.47 Å². The average molecular weight is 394 g/mol. The van der Waals surface area contributed by atoms with E-state index in [1.165, 1.54) is 0 Å². The maximum absolute atomic E-state index is 12.1. The van der Waals surface area contributed by atoms with Crippen molar-refractivity contribution in [2.24, 2.45) is 5.92 Å². The van der Waals surface area contributed by atoms with Crippen molar-refractivity contribution in [1.82, 2.24) is 10.3 Å². The number of pyridine rings is 1. The van der Waals surface area contributed by atoms with Crippen LogP contribution in [0.3, 0.4) is 0 Å². The zero-order valence-electron chi connectivity index (χ0n) is 16.6. The van der Waals surface area contributed by atoms with Gasteiger partial charge in [-0.15, -0.1) is 0 Å². The lowest BCUT2D eigenvalue weighted by atomic mass is 9.96. The molecule has 2 heterocycles. The second kappa shape index (κ2) is 10.3. The molecule has 29 heavy (non-hydrogen) atoms. The first-order valence-corrected chi connectivity index (χ1v) is 9.92. The number of ether oxygens (including phenoxy) is 2. The summed E-state index contributed by atoms with van der Waals surface area (Å²) in [6.45, 7) is 4.83. The molecule has 1 saturated heterocycles. The molecule has 1 N–H and O–H groups in total. The van der Waals surface area contributed by atoms with Crippen molar-refractivity contribution in [2.75, 3.05) is 37.7 Å². The van der Waals surface area contributed by atoms with Gasteiger partial charge >= 0.3 is 0 Å². The molecule has 152 valence electrons. The van der Waals surface area contributed by atoms with E-state index in [0.29, 0.717) is 30.4 Å². The molecule has 3 rings (SSSR count). The molecule has 1 aromatic carbocycles. The number of carbonyl (C=O) groups is 1. The Morgan fingerprint density at radius 2 is 1.90 bits per heavy atom. The first-order chi connectivity index (χ1) is 14.2. The Labute approximate surface area is 171 Å². The molecule has 1 aromatic heterocycles. The Balaban J connectivity index is 1.37. The first-order valence-electron chi connectivity index (χ1n) is 9.92. The molecule has 0 saturated carbocycles. The standard InChI is InChI=1S/C22H26N4O3/c1-2-28-19-5-7-20(8-6-19)29-16-21(27)25-15-17-9-12-26(13-10-17)22-18(14-23)4-3-11-24-22/h3-8,11,17H,2,9-10,12-13,15-16H2,1H3,(H,25,27). The molecule has 1 fully saturated rings. The number of nitriles is 1. The summed E-state index contributed by atoms with van der Waals surface area (Å²) in [5.74, 6) is 2.46. The van der Waals surface area contributed by atoms with Crippen molar-refractivity contribution in [2.45, 2.75) is 19.8 Å². The summed E-state index contributed by atoms with van der Waals surface area (Å²) in [6, 6.07) is 13.0. The smallest absolute Gasteiger partial charge is 0.257 e. The van der Waals surface area contributed by atoms with Gasteiger partial charge in [-0.3, -0.25) is 4.79 Å². The molecule has 0 aliphatic carbocycles. The Kier molecular flexibility index (Phi) is 7.28. The molecule has 0 radical (unpaired) electrons. The minimum absolute atomic E-state index is 0.00765. The Morgan fingerprint density at radius 1 is 1.21 bits per heavy atom. The third-order valence-corrected chi connectivity index (χ3v) is 4.91. The molecule has 1 aliphatic rings. The molecule has 7 nitrogen and oxygen atoms in total. The van der Waals surface area contributed by atoms with Gasteiger partial charge < -0.3 is 19.7 Å². The number of nitrogens with one attached hydrogen (secondary N) is 1. The maximum Gasteiger partial charge on any atom is 0.257 e. The van der Waals surface area contributed by atoms with Crippen LogP contribution in [0.15, 0.2) is 42.6 Å². The van der Waals surface area contributed by atoms with Crippen molar-refractivity contribution in [3.8, 4) is 17.6 Å². The number of aromatic nitrogens is 1. The molecular weight excluding hydrogens is 368 g/mol. The molecular formula is C22H26N4O3. The van der Waals surface area contributed by atoms with Crippen LogP contribution in [-0.2, 0) is 4.79 Å². The highest BCUT2D eigenvalue weighted by Gasteiger charge is 2.22. The highest BCUT2D eigenvalue weighted by atomic mass is 16.5. The molecule has 0 unspecified atom stereocenters. The normalized spacial score (nSPS) is 14.1. The summed E-state index contributed by atoms with van der Waals surface area (Å²) < 4.78 is 10.9. The second-order valence-electron chi connectivity index (χ2n) is 6.91. The zero-order valence-corrected chi connectivity index (χ0v) is 16.6. The van der Waals surface area contributed by atoms with Crippen LogP contribution in [0.2, 0.25) is 0 Å². The van der Waals surface area contributed by atoms with Crippen molar-refractivity contribution in [1.29, 1.82) is 5.26 Å². The van der Waals surface area contributed by atoms with E-state index in [0.717, 1.165) is 37.5 Å². The number of hydrogen-bond donors (Lipinski definition) is 1. The number of nitrogens with zero attached hydrogens (tertiary/aromatic N) is 3. The van der Waals surface area contributed by atoms with E-state index < -0.39 is 0 Å². The Bertz CT molecular complexity index is 840. The predicted octanol–water partition coefficient (Wildman–Crippen LogP) is 2.76. The number of anilines is 1. The fraction of sp³-hybridized carbons (Fsp3) is 0.409. The third-order valence-electron chi connectivity index (χ3n) is 4.91. The van der Waals surface area contributed by atoms with Gasteiger partial charge in [0.25, 0.3) is 5.91 Å². The van der Waals surface area contributed by atoms with Crippen molar-refractivity contribution >= 4 is 11.7 Å².